The topological polar surface area (TPSA) is 78.6 Å². The van der Waals surface area contributed by atoms with Crippen molar-refractivity contribution in [2.45, 2.75) is 58.2 Å². The lowest BCUT2D eigenvalue weighted by molar-refractivity contribution is -0.137. The van der Waals surface area contributed by atoms with Crippen molar-refractivity contribution in [2.75, 3.05) is 13.2 Å². The normalized spacial score (nSPS) is 15.4. The minimum atomic E-state index is -4.61. The molecule has 1 aliphatic heterocycles. The minimum Gasteiger partial charge on any atom is -0.381 e. The Morgan fingerprint density at radius 2 is 1.70 bits per heavy atom. The third-order valence-corrected chi connectivity index (χ3v) is 5.95. The molecule has 0 bridgehead atoms. The molecule has 1 saturated carbocycles. The van der Waals surface area contributed by atoms with Crippen LogP contribution in [0.15, 0.2) is 43.0 Å². The molecule has 1 aliphatic carbocycles. The van der Waals surface area contributed by atoms with Crippen molar-refractivity contribution >= 4 is 11.2 Å². The summed E-state index contributed by atoms with van der Waals surface area (Å²) in [4.78, 5) is 16.5. The van der Waals surface area contributed by atoms with E-state index in [-0.39, 0.29) is 22.4 Å². The Morgan fingerprint density at radius 1 is 0.973 bits per heavy atom. The highest BCUT2D eigenvalue weighted by Gasteiger charge is 2.31. The molecule has 2 aliphatic rings. The van der Waals surface area contributed by atoms with Crippen LogP contribution in [-0.2, 0) is 10.9 Å². The lowest BCUT2D eigenvalue weighted by Crippen LogP contribution is -2.06. The Morgan fingerprint density at radius 3 is 2.24 bits per heavy atom. The Kier molecular flexibility index (Phi) is 8.42. The second-order valence-electron chi connectivity index (χ2n) is 8.87. The van der Waals surface area contributed by atoms with Crippen LogP contribution in [0.4, 0.5) is 17.6 Å². The molecule has 0 unspecified atom stereocenters. The van der Waals surface area contributed by atoms with E-state index in [2.05, 4.69) is 25.0 Å². The van der Waals surface area contributed by atoms with Gasteiger partial charge in [-0.2, -0.15) is 18.3 Å². The van der Waals surface area contributed by atoms with Crippen LogP contribution in [0, 0.1) is 19.7 Å². The lowest BCUT2D eigenvalue weighted by Gasteiger charge is -2.10. The Balaban J connectivity index is 0.000000183. The fourth-order valence-corrected chi connectivity index (χ4v) is 3.65. The van der Waals surface area contributed by atoms with Crippen LogP contribution >= 0.6 is 0 Å². The number of ether oxygens (including phenoxy) is 1. The summed E-state index contributed by atoms with van der Waals surface area (Å²) in [6.45, 7) is 5.48. The third kappa shape index (κ3) is 7.06. The van der Waals surface area contributed by atoms with Gasteiger partial charge in [-0.1, -0.05) is 0 Å². The largest absolute Gasteiger partial charge is 0.416 e. The fraction of sp³-hybridized carbons (Fsp3) is 0.423. The predicted molar refractivity (Wildman–Crippen MR) is 130 cm³/mol. The molecular formula is C26H28F4N6O. The summed E-state index contributed by atoms with van der Waals surface area (Å²) in [5, 5.41) is 4.09. The molecule has 0 radical (unpaired) electrons. The van der Waals surface area contributed by atoms with E-state index < -0.39 is 17.6 Å². The van der Waals surface area contributed by atoms with Crippen LogP contribution in [0.25, 0.3) is 22.4 Å². The fourth-order valence-electron chi connectivity index (χ4n) is 3.65. The maximum absolute atomic E-state index is 14.2. The van der Waals surface area contributed by atoms with Crippen LogP contribution in [0.3, 0.4) is 0 Å². The minimum absolute atomic E-state index is 0.0806. The van der Waals surface area contributed by atoms with E-state index in [1.165, 1.54) is 38.4 Å². The summed E-state index contributed by atoms with van der Waals surface area (Å²) in [5.41, 5.74) is 0.748. The van der Waals surface area contributed by atoms with Crippen molar-refractivity contribution < 1.29 is 22.3 Å². The zero-order valence-electron chi connectivity index (χ0n) is 20.7. The van der Waals surface area contributed by atoms with Crippen LogP contribution in [0.2, 0.25) is 0 Å². The zero-order valence-corrected chi connectivity index (χ0v) is 20.7. The first-order chi connectivity index (χ1) is 17.7. The van der Waals surface area contributed by atoms with Gasteiger partial charge in [0.25, 0.3) is 0 Å². The highest BCUT2D eigenvalue weighted by molar-refractivity contribution is 5.86. The van der Waals surface area contributed by atoms with Gasteiger partial charge in [-0.3, -0.25) is 4.68 Å². The number of hydrogen-bond acceptors (Lipinski definition) is 6. The molecule has 0 N–H and O–H groups in total. The van der Waals surface area contributed by atoms with Crippen LogP contribution < -0.4 is 0 Å². The Hall–Kier alpha value is -3.47. The predicted octanol–water partition coefficient (Wildman–Crippen LogP) is 6.27. The molecular weight excluding hydrogens is 488 g/mol. The first kappa shape index (κ1) is 26.6. The summed E-state index contributed by atoms with van der Waals surface area (Å²) < 4.78 is 59.2. The summed E-state index contributed by atoms with van der Waals surface area (Å²) >= 11 is 0. The SMILES string of the molecule is C1CCOCC1.Cc1nc2ncnc(-c3ccc(C(F)(F)F)cc3F)c2nc1C.c1cnn(C2CC2)c1. The second kappa shape index (κ2) is 11.7. The van der Waals surface area contributed by atoms with Crippen molar-refractivity contribution in [3.8, 4) is 11.3 Å². The summed E-state index contributed by atoms with van der Waals surface area (Å²) in [5.74, 6) is -1.03. The Bertz CT molecular complexity index is 1310. The van der Waals surface area contributed by atoms with Crippen LogP contribution in [0.1, 0.15) is 55.1 Å². The van der Waals surface area contributed by atoms with Gasteiger partial charge in [-0.05, 0) is 70.2 Å². The van der Waals surface area contributed by atoms with Crippen molar-refractivity contribution in [1.29, 1.82) is 0 Å². The monoisotopic (exact) mass is 516 g/mol. The highest BCUT2D eigenvalue weighted by atomic mass is 19.4. The molecule has 0 spiro atoms. The number of benzene rings is 1. The molecule has 6 rings (SSSR count). The van der Waals surface area contributed by atoms with Crippen molar-refractivity contribution in [3.05, 3.63) is 65.8 Å². The molecule has 4 aromatic rings. The quantitative estimate of drug-likeness (QED) is 0.293. The van der Waals surface area contributed by atoms with E-state index in [1.54, 1.807) is 13.8 Å². The average Bonchev–Trinajstić information content (AvgIpc) is 3.59. The van der Waals surface area contributed by atoms with Gasteiger partial charge in [0.15, 0.2) is 5.65 Å². The van der Waals surface area contributed by atoms with E-state index in [0.717, 1.165) is 31.4 Å². The van der Waals surface area contributed by atoms with Gasteiger partial charge >= 0.3 is 6.18 Å². The van der Waals surface area contributed by atoms with Gasteiger partial charge in [0, 0.05) is 31.2 Å². The van der Waals surface area contributed by atoms with Gasteiger partial charge in [-0.25, -0.2) is 24.3 Å². The average molecular weight is 517 g/mol. The maximum atomic E-state index is 14.2. The number of rotatable bonds is 2. The first-order valence-corrected chi connectivity index (χ1v) is 12.1. The molecule has 196 valence electrons. The summed E-state index contributed by atoms with van der Waals surface area (Å²) in [6.07, 6.45) is 7.00. The molecule has 0 atom stereocenters. The number of hydrogen-bond donors (Lipinski definition) is 0. The number of aromatic nitrogens is 6. The number of nitrogens with zero attached hydrogens (tertiary/aromatic N) is 6. The number of aryl methyl sites for hydroxylation is 2. The molecule has 7 nitrogen and oxygen atoms in total. The number of halogens is 4. The molecule has 0 amide bonds. The van der Waals surface area contributed by atoms with Gasteiger partial charge < -0.3 is 4.74 Å². The molecule has 1 aromatic carbocycles. The molecule has 11 heteroatoms. The van der Waals surface area contributed by atoms with Gasteiger partial charge in [0.2, 0.25) is 0 Å². The maximum Gasteiger partial charge on any atom is 0.416 e. The zero-order chi connectivity index (χ0) is 26.4. The van der Waals surface area contributed by atoms with E-state index in [0.29, 0.717) is 17.5 Å². The molecule has 3 aromatic heterocycles. The summed E-state index contributed by atoms with van der Waals surface area (Å²) in [6, 6.07) is 5.00. The van der Waals surface area contributed by atoms with E-state index in [1.807, 2.05) is 23.1 Å². The lowest BCUT2D eigenvalue weighted by atomic mass is 10.1. The first-order valence-electron chi connectivity index (χ1n) is 12.1. The van der Waals surface area contributed by atoms with E-state index >= 15 is 0 Å². The van der Waals surface area contributed by atoms with Crippen LogP contribution in [-0.4, -0.2) is 42.9 Å². The number of alkyl halides is 3. The van der Waals surface area contributed by atoms with Gasteiger partial charge in [0.1, 0.15) is 23.4 Å². The van der Waals surface area contributed by atoms with Crippen molar-refractivity contribution in [2.24, 2.45) is 0 Å². The van der Waals surface area contributed by atoms with Gasteiger partial charge in [-0.15, -0.1) is 0 Å². The third-order valence-electron chi connectivity index (χ3n) is 5.95. The van der Waals surface area contributed by atoms with Gasteiger partial charge in [0.05, 0.1) is 23.0 Å². The Labute approximate surface area is 212 Å². The molecule has 1 saturated heterocycles. The van der Waals surface area contributed by atoms with Crippen molar-refractivity contribution in [3.63, 3.8) is 0 Å². The smallest absolute Gasteiger partial charge is 0.381 e. The molecule has 4 heterocycles. The molecule has 2 fully saturated rings. The summed E-state index contributed by atoms with van der Waals surface area (Å²) in [7, 11) is 0. The molecule has 37 heavy (non-hydrogen) atoms. The van der Waals surface area contributed by atoms with E-state index in [4.69, 9.17) is 4.74 Å². The number of fused-ring (bicyclic) bond motifs is 1. The van der Waals surface area contributed by atoms with E-state index in [9.17, 15) is 17.6 Å². The standard InChI is InChI=1S/C15H10F4N4.C6H8N2.C5H10O/c1-7-8(2)23-14-13(22-7)12(20-6-21-14)10-4-3-9(5-11(10)16)15(17,18)19;1-4-7-8(5-1)6-2-3-6;1-2-4-6-5-3-1/h3-6H,1-2H3;1,4-6H,2-3H2;1-5H2. The highest BCUT2D eigenvalue weighted by Crippen LogP contribution is 2.34. The van der Waals surface area contributed by atoms with Crippen molar-refractivity contribution in [1.82, 2.24) is 29.7 Å². The van der Waals surface area contributed by atoms with Crippen LogP contribution in [0.5, 0.6) is 0 Å². The second-order valence-corrected chi connectivity index (χ2v) is 8.87.